The molecule has 0 aliphatic heterocycles. The van der Waals surface area contributed by atoms with Crippen molar-refractivity contribution in [1.82, 2.24) is 4.98 Å². The third-order valence-electron chi connectivity index (χ3n) is 5.16. The molecule has 0 saturated heterocycles. The van der Waals surface area contributed by atoms with E-state index in [0.717, 1.165) is 42.3 Å². The Hall–Kier alpha value is -3.51. The van der Waals surface area contributed by atoms with Crippen LogP contribution in [0.2, 0.25) is 0 Å². The number of nitrogens with one attached hydrogen (secondary N) is 1. The Kier molecular flexibility index (Phi) is 7.73. The van der Waals surface area contributed by atoms with E-state index in [1.54, 1.807) is 6.07 Å². The molecular weight excluding hydrogens is 407 g/mol. The number of aromatic nitrogens is 1. The number of fused-ring (bicyclic) bond motifs is 1. The number of Topliss-reactive ketones (excluding diaryl/α,β-unsaturated/α-hetero) is 1. The smallest absolute Gasteiger partial charge is 0.300 e. The molecule has 0 radical (unpaired) electrons. The van der Waals surface area contributed by atoms with Crippen LogP contribution in [0.15, 0.2) is 71.1 Å². The van der Waals surface area contributed by atoms with Crippen LogP contribution in [0, 0.1) is 11.7 Å². The fourth-order valence-corrected chi connectivity index (χ4v) is 3.50. The Labute approximate surface area is 186 Å². The van der Waals surface area contributed by atoms with Gasteiger partial charge < -0.3 is 14.8 Å². The standard InChI is InChI=1S/C25H23FN2O2.CH4O/c1-3-4-16(2)24(29)19-7-5-17(6-8-19)18-9-12-21(13-10-18)27-25-28-22-15-20(26)11-14-23(22)30-25;1-2/h5-16H,3-4H2,1-2H3,(H,27,28);2H,1H3. The van der Waals surface area contributed by atoms with Gasteiger partial charge in [-0.25, -0.2) is 4.39 Å². The van der Waals surface area contributed by atoms with Gasteiger partial charge >= 0.3 is 0 Å². The quantitative estimate of drug-likeness (QED) is 0.320. The zero-order valence-electron chi connectivity index (χ0n) is 18.4. The largest absolute Gasteiger partial charge is 0.423 e. The Balaban J connectivity index is 0.00000141. The minimum atomic E-state index is -0.348. The Morgan fingerprint density at radius 3 is 2.28 bits per heavy atom. The summed E-state index contributed by atoms with van der Waals surface area (Å²) in [6, 6.07) is 20.1. The van der Waals surface area contributed by atoms with Crippen molar-refractivity contribution in [2.45, 2.75) is 26.7 Å². The number of aliphatic hydroxyl groups is 1. The lowest BCUT2D eigenvalue weighted by molar-refractivity contribution is 0.0923. The molecule has 0 aliphatic carbocycles. The summed E-state index contributed by atoms with van der Waals surface area (Å²) in [5.74, 6) is -0.102. The lowest BCUT2D eigenvalue weighted by Gasteiger charge is -2.10. The average molecular weight is 435 g/mol. The number of carbonyl (C=O) groups excluding carboxylic acids is 1. The van der Waals surface area contributed by atoms with Crippen LogP contribution in [-0.4, -0.2) is 23.0 Å². The average Bonchev–Trinajstić information content (AvgIpc) is 3.22. The molecule has 6 heteroatoms. The molecular formula is C26H27FN2O3. The molecule has 1 aromatic heterocycles. The minimum absolute atomic E-state index is 0.0505. The maximum absolute atomic E-state index is 13.3. The third-order valence-corrected chi connectivity index (χ3v) is 5.16. The zero-order chi connectivity index (χ0) is 23.1. The summed E-state index contributed by atoms with van der Waals surface area (Å²) in [4.78, 5) is 16.7. The summed E-state index contributed by atoms with van der Waals surface area (Å²) >= 11 is 0. The minimum Gasteiger partial charge on any atom is -0.423 e. The number of nitrogens with zero attached hydrogens (tertiary/aromatic N) is 1. The molecule has 0 fully saturated rings. The summed E-state index contributed by atoms with van der Waals surface area (Å²) in [5, 5.41) is 10.1. The van der Waals surface area contributed by atoms with Crippen molar-refractivity contribution in [2.24, 2.45) is 5.92 Å². The van der Waals surface area contributed by atoms with Gasteiger partial charge in [-0.3, -0.25) is 4.79 Å². The number of hydrogen-bond donors (Lipinski definition) is 2. The van der Waals surface area contributed by atoms with Gasteiger partial charge in [0.25, 0.3) is 6.01 Å². The number of carbonyl (C=O) groups is 1. The van der Waals surface area contributed by atoms with E-state index in [2.05, 4.69) is 17.2 Å². The van der Waals surface area contributed by atoms with Gasteiger partial charge in [0.1, 0.15) is 11.3 Å². The van der Waals surface area contributed by atoms with Crippen LogP contribution in [0.5, 0.6) is 0 Å². The highest BCUT2D eigenvalue weighted by molar-refractivity contribution is 5.98. The van der Waals surface area contributed by atoms with Gasteiger partial charge in [0.2, 0.25) is 0 Å². The van der Waals surface area contributed by atoms with Crippen LogP contribution < -0.4 is 5.32 Å². The molecule has 3 aromatic carbocycles. The van der Waals surface area contributed by atoms with Gasteiger partial charge in [-0.1, -0.05) is 56.7 Å². The number of oxazole rings is 1. The molecule has 0 amide bonds. The second-order valence-electron chi connectivity index (χ2n) is 7.46. The molecule has 1 atom stereocenters. The number of rotatable bonds is 7. The van der Waals surface area contributed by atoms with Crippen molar-refractivity contribution < 1.29 is 18.7 Å². The first kappa shape index (κ1) is 23.2. The van der Waals surface area contributed by atoms with Crippen molar-refractivity contribution in [3.63, 3.8) is 0 Å². The number of anilines is 2. The third kappa shape index (κ3) is 5.39. The van der Waals surface area contributed by atoms with Gasteiger partial charge in [0.05, 0.1) is 0 Å². The Morgan fingerprint density at radius 2 is 1.66 bits per heavy atom. The van der Waals surface area contributed by atoms with E-state index in [4.69, 9.17) is 9.52 Å². The first-order valence-corrected chi connectivity index (χ1v) is 10.6. The van der Waals surface area contributed by atoms with E-state index in [-0.39, 0.29) is 17.5 Å². The molecule has 4 aromatic rings. The first-order valence-electron chi connectivity index (χ1n) is 10.6. The monoisotopic (exact) mass is 434 g/mol. The highest BCUT2D eigenvalue weighted by Crippen LogP contribution is 2.26. The number of hydrogen-bond acceptors (Lipinski definition) is 5. The number of ketones is 1. The van der Waals surface area contributed by atoms with Gasteiger partial charge in [-0.05, 0) is 41.8 Å². The summed E-state index contributed by atoms with van der Waals surface area (Å²) in [6.07, 6.45) is 1.91. The lowest BCUT2D eigenvalue weighted by Crippen LogP contribution is -2.10. The van der Waals surface area contributed by atoms with Crippen molar-refractivity contribution in [3.05, 3.63) is 78.1 Å². The SMILES string of the molecule is CCCC(C)C(=O)c1ccc(-c2ccc(Nc3nc4cc(F)ccc4o3)cc2)cc1.CO. The van der Waals surface area contributed by atoms with E-state index in [1.165, 1.54) is 12.1 Å². The van der Waals surface area contributed by atoms with Crippen molar-refractivity contribution in [3.8, 4) is 11.1 Å². The molecule has 0 bridgehead atoms. The summed E-state index contributed by atoms with van der Waals surface area (Å²) in [5.41, 5.74) is 4.64. The van der Waals surface area contributed by atoms with Crippen LogP contribution in [-0.2, 0) is 0 Å². The van der Waals surface area contributed by atoms with Crippen molar-refractivity contribution in [1.29, 1.82) is 0 Å². The number of halogens is 1. The molecule has 0 saturated carbocycles. The highest BCUT2D eigenvalue weighted by Gasteiger charge is 2.14. The molecule has 0 aliphatic rings. The van der Waals surface area contributed by atoms with E-state index in [1.807, 2.05) is 55.5 Å². The summed E-state index contributed by atoms with van der Waals surface area (Å²) in [6.45, 7) is 4.08. The molecule has 5 nitrogen and oxygen atoms in total. The number of aliphatic hydroxyl groups excluding tert-OH is 1. The second kappa shape index (κ2) is 10.7. The summed E-state index contributed by atoms with van der Waals surface area (Å²) in [7, 11) is 1.00. The van der Waals surface area contributed by atoms with Crippen molar-refractivity contribution >= 4 is 28.6 Å². The molecule has 2 N–H and O–H groups in total. The van der Waals surface area contributed by atoms with Crippen LogP contribution in [0.1, 0.15) is 37.0 Å². The predicted molar refractivity (Wildman–Crippen MR) is 126 cm³/mol. The normalized spacial score (nSPS) is 11.5. The Morgan fingerprint density at radius 1 is 1.03 bits per heavy atom. The summed E-state index contributed by atoms with van der Waals surface area (Å²) < 4.78 is 18.9. The molecule has 1 heterocycles. The zero-order valence-corrected chi connectivity index (χ0v) is 18.4. The van der Waals surface area contributed by atoms with Gasteiger partial charge in [0, 0.05) is 30.3 Å². The predicted octanol–water partition coefficient (Wildman–Crippen LogP) is 6.60. The maximum atomic E-state index is 13.3. The van der Waals surface area contributed by atoms with Gasteiger partial charge in [-0.2, -0.15) is 4.98 Å². The van der Waals surface area contributed by atoms with Crippen LogP contribution >= 0.6 is 0 Å². The molecule has 4 rings (SSSR count). The van der Waals surface area contributed by atoms with E-state index in [0.29, 0.717) is 17.1 Å². The van der Waals surface area contributed by atoms with Crippen LogP contribution in [0.25, 0.3) is 22.2 Å². The van der Waals surface area contributed by atoms with E-state index >= 15 is 0 Å². The molecule has 166 valence electrons. The van der Waals surface area contributed by atoms with E-state index < -0.39 is 0 Å². The molecule has 1 unspecified atom stereocenters. The Bertz CT molecular complexity index is 1170. The van der Waals surface area contributed by atoms with Gasteiger partial charge in [0.15, 0.2) is 11.4 Å². The fraction of sp³-hybridized carbons (Fsp3) is 0.231. The second-order valence-corrected chi connectivity index (χ2v) is 7.46. The number of benzene rings is 3. The molecule has 32 heavy (non-hydrogen) atoms. The lowest BCUT2D eigenvalue weighted by atomic mass is 9.94. The van der Waals surface area contributed by atoms with Crippen molar-refractivity contribution in [2.75, 3.05) is 12.4 Å². The highest BCUT2D eigenvalue weighted by atomic mass is 19.1. The maximum Gasteiger partial charge on any atom is 0.300 e. The topological polar surface area (TPSA) is 75.4 Å². The van der Waals surface area contributed by atoms with Crippen LogP contribution in [0.4, 0.5) is 16.1 Å². The van der Waals surface area contributed by atoms with Crippen LogP contribution in [0.3, 0.4) is 0 Å². The van der Waals surface area contributed by atoms with E-state index in [9.17, 15) is 9.18 Å². The van der Waals surface area contributed by atoms with Gasteiger partial charge in [-0.15, -0.1) is 0 Å². The first-order chi connectivity index (χ1) is 15.5. The molecule has 0 spiro atoms. The fourth-order valence-electron chi connectivity index (χ4n) is 3.50.